The Balaban J connectivity index is 1.66. The van der Waals surface area contributed by atoms with Crippen molar-refractivity contribution in [3.63, 3.8) is 0 Å². The smallest absolute Gasteiger partial charge is 0.219 e. The number of likely N-dealkylation sites (tertiary alicyclic amines) is 1. The maximum Gasteiger partial charge on any atom is 0.219 e. The van der Waals surface area contributed by atoms with E-state index in [1.165, 1.54) is 24.0 Å². The van der Waals surface area contributed by atoms with Crippen molar-refractivity contribution in [1.82, 2.24) is 10.2 Å². The van der Waals surface area contributed by atoms with E-state index in [1.807, 2.05) is 4.90 Å². The zero-order chi connectivity index (χ0) is 15.5. The van der Waals surface area contributed by atoms with Crippen molar-refractivity contribution in [2.24, 2.45) is 5.92 Å². The normalized spacial score (nSPS) is 26.9. The Bertz CT molecular complexity index is 512. The molecule has 0 saturated carbocycles. The molecule has 2 atom stereocenters. The summed E-state index contributed by atoms with van der Waals surface area (Å²) in [5.41, 5.74) is 2.90. The lowest BCUT2D eigenvalue weighted by molar-refractivity contribution is -0.129. The van der Waals surface area contributed by atoms with E-state index in [2.05, 4.69) is 36.5 Å². The quantitative estimate of drug-likeness (QED) is 0.907. The van der Waals surface area contributed by atoms with Crippen LogP contribution < -0.4 is 5.32 Å². The van der Waals surface area contributed by atoms with Crippen LogP contribution in [0.2, 0.25) is 0 Å². The minimum absolute atomic E-state index is 0.215. The fraction of sp³-hybridized carbons (Fsp3) is 0.632. The third kappa shape index (κ3) is 3.52. The topological polar surface area (TPSA) is 32.3 Å². The van der Waals surface area contributed by atoms with Gasteiger partial charge in [-0.15, -0.1) is 0 Å². The molecule has 0 radical (unpaired) electrons. The van der Waals surface area contributed by atoms with Gasteiger partial charge in [0.05, 0.1) is 0 Å². The van der Waals surface area contributed by atoms with E-state index in [0.29, 0.717) is 12.0 Å². The molecule has 1 aromatic carbocycles. The van der Waals surface area contributed by atoms with E-state index in [1.54, 1.807) is 6.92 Å². The van der Waals surface area contributed by atoms with Crippen LogP contribution in [0.5, 0.6) is 0 Å². The number of piperidine rings is 2. The van der Waals surface area contributed by atoms with Crippen LogP contribution in [0.15, 0.2) is 24.3 Å². The molecule has 1 N–H and O–H groups in total. The monoisotopic (exact) mass is 300 g/mol. The standard InChI is InChI=1S/C19H28N2O/c1-14-6-7-19(20-13-14)18-5-3-4-17(12-18)16-8-10-21(11-9-16)15(2)22/h3-5,12,14,16,19-20H,6-11,13H2,1-2H3/t14-,19+/m1/s1. The highest BCUT2D eigenvalue weighted by Gasteiger charge is 2.23. The van der Waals surface area contributed by atoms with Crippen molar-refractivity contribution >= 4 is 5.91 Å². The molecule has 3 nitrogen and oxygen atoms in total. The highest BCUT2D eigenvalue weighted by atomic mass is 16.2. The van der Waals surface area contributed by atoms with E-state index in [4.69, 9.17) is 0 Å². The molecule has 2 heterocycles. The maximum atomic E-state index is 11.4. The van der Waals surface area contributed by atoms with Crippen molar-refractivity contribution in [2.45, 2.75) is 51.5 Å². The van der Waals surface area contributed by atoms with Crippen LogP contribution in [0.3, 0.4) is 0 Å². The molecule has 2 fully saturated rings. The third-order valence-electron chi connectivity index (χ3n) is 5.39. The predicted molar refractivity (Wildman–Crippen MR) is 89.8 cm³/mol. The first kappa shape index (κ1) is 15.5. The molecule has 0 spiro atoms. The van der Waals surface area contributed by atoms with Gasteiger partial charge in [-0.1, -0.05) is 31.2 Å². The number of benzene rings is 1. The molecule has 2 aliphatic heterocycles. The van der Waals surface area contributed by atoms with Gasteiger partial charge in [0.15, 0.2) is 0 Å². The summed E-state index contributed by atoms with van der Waals surface area (Å²) >= 11 is 0. The largest absolute Gasteiger partial charge is 0.343 e. The van der Waals surface area contributed by atoms with Gasteiger partial charge in [-0.05, 0) is 55.2 Å². The van der Waals surface area contributed by atoms with E-state index in [0.717, 1.165) is 38.4 Å². The van der Waals surface area contributed by atoms with Gasteiger partial charge in [0.25, 0.3) is 0 Å². The third-order valence-corrected chi connectivity index (χ3v) is 5.39. The number of nitrogens with one attached hydrogen (secondary N) is 1. The van der Waals surface area contributed by atoms with Crippen LogP contribution in [0.4, 0.5) is 0 Å². The van der Waals surface area contributed by atoms with Gasteiger partial charge in [0, 0.05) is 26.1 Å². The van der Waals surface area contributed by atoms with Crippen LogP contribution in [0, 0.1) is 5.92 Å². The van der Waals surface area contributed by atoms with Gasteiger partial charge in [0.2, 0.25) is 5.91 Å². The van der Waals surface area contributed by atoms with Gasteiger partial charge in [-0.2, -0.15) is 0 Å². The van der Waals surface area contributed by atoms with Gasteiger partial charge in [-0.25, -0.2) is 0 Å². The molecule has 3 rings (SSSR count). The second-order valence-corrected chi connectivity index (χ2v) is 7.09. The molecular formula is C19H28N2O. The zero-order valence-corrected chi connectivity index (χ0v) is 13.8. The van der Waals surface area contributed by atoms with Crippen molar-refractivity contribution in [1.29, 1.82) is 0 Å². The molecule has 2 saturated heterocycles. The van der Waals surface area contributed by atoms with E-state index < -0.39 is 0 Å². The number of carbonyl (C=O) groups is 1. The van der Waals surface area contributed by atoms with Crippen LogP contribution in [-0.4, -0.2) is 30.4 Å². The highest BCUT2D eigenvalue weighted by molar-refractivity contribution is 5.73. The Kier molecular flexibility index (Phi) is 4.82. The summed E-state index contributed by atoms with van der Waals surface area (Å²) < 4.78 is 0. The van der Waals surface area contributed by atoms with Crippen LogP contribution in [0.25, 0.3) is 0 Å². The van der Waals surface area contributed by atoms with E-state index in [-0.39, 0.29) is 5.91 Å². The number of nitrogens with zero attached hydrogens (tertiary/aromatic N) is 1. The number of rotatable bonds is 2. The SMILES string of the molecule is CC(=O)N1CCC(c2cccc([C@@H]3CC[C@@H](C)CN3)c2)CC1. The molecule has 22 heavy (non-hydrogen) atoms. The first-order chi connectivity index (χ1) is 10.6. The Morgan fingerprint density at radius 1 is 1.14 bits per heavy atom. The second kappa shape index (κ2) is 6.82. The Labute approximate surface area is 134 Å². The van der Waals surface area contributed by atoms with Crippen molar-refractivity contribution in [2.75, 3.05) is 19.6 Å². The average molecular weight is 300 g/mol. The summed E-state index contributed by atoms with van der Waals surface area (Å²) in [7, 11) is 0. The van der Waals surface area contributed by atoms with Gasteiger partial charge < -0.3 is 10.2 Å². The molecule has 0 aliphatic carbocycles. The lowest BCUT2D eigenvalue weighted by Crippen LogP contribution is -2.36. The van der Waals surface area contributed by atoms with E-state index >= 15 is 0 Å². The van der Waals surface area contributed by atoms with Crippen LogP contribution in [0.1, 0.15) is 62.6 Å². The minimum atomic E-state index is 0.215. The molecule has 1 amide bonds. The highest BCUT2D eigenvalue weighted by Crippen LogP contribution is 2.31. The Morgan fingerprint density at radius 2 is 1.86 bits per heavy atom. The summed E-state index contributed by atoms with van der Waals surface area (Å²) in [5.74, 6) is 1.63. The molecule has 0 bridgehead atoms. The zero-order valence-electron chi connectivity index (χ0n) is 13.8. The molecule has 120 valence electrons. The summed E-state index contributed by atoms with van der Waals surface area (Å²) in [6.07, 6.45) is 4.75. The van der Waals surface area contributed by atoms with Crippen molar-refractivity contribution < 1.29 is 4.79 Å². The fourth-order valence-electron chi connectivity index (χ4n) is 3.84. The first-order valence-corrected chi connectivity index (χ1v) is 8.72. The molecule has 2 aliphatic rings. The van der Waals surface area contributed by atoms with Gasteiger partial charge in [-0.3, -0.25) is 4.79 Å². The first-order valence-electron chi connectivity index (χ1n) is 8.72. The second-order valence-electron chi connectivity index (χ2n) is 7.09. The van der Waals surface area contributed by atoms with Gasteiger partial charge in [0.1, 0.15) is 0 Å². The summed E-state index contributed by atoms with van der Waals surface area (Å²) in [5, 5.41) is 3.68. The lowest BCUT2D eigenvalue weighted by atomic mass is 9.86. The number of hydrogen-bond donors (Lipinski definition) is 1. The summed E-state index contributed by atoms with van der Waals surface area (Å²) in [6, 6.07) is 9.67. The number of amides is 1. The van der Waals surface area contributed by atoms with Crippen molar-refractivity contribution in [3.8, 4) is 0 Å². The predicted octanol–water partition coefficient (Wildman–Crippen LogP) is 3.47. The van der Waals surface area contributed by atoms with E-state index in [9.17, 15) is 4.79 Å². The van der Waals surface area contributed by atoms with Crippen molar-refractivity contribution in [3.05, 3.63) is 35.4 Å². The molecule has 1 aromatic rings. The molecule has 0 unspecified atom stereocenters. The fourth-order valence-corrected chi connectivity index (χ4v) is 3.84. The summed E-state index contributed by atoms with van der Waals surface area (Å²) in [4.78, 5) is 13.4. The van der Waals surface area contributed by atoms with Gasteiger partial charge >= 0.3 is 0 Å². The minimum Gasteiger partial charge on any atom is -0.343 e. The molecular weight excluding hydrogens is 272 g/mol. The number of hydrogen-bond acceptors (Lipinski definition) is 2. The molecule has 0 aromatic heterocycles. The molecule has 3 heteroatoms. The Hall–Kier alpha value is -1.35. The Morgan fingerprint density at radius 3 is 2.50 bits per heavy atom. The average Bonchev–Trinajstić information content (AvgIpc) is 2.56. The lowest BCUT2D eigenvalue weighted by Gasteiger charge is -2.32. The maximum absolute atomic E-state index is 11.4. The van der Waals surface area contributed by atoms with Crippen LogP contribution in [-0.2, 0) is 4.79 Å². The summed E-state index contributed by atoms with van der Waals surface area (Å²) in [6.45, 7) is 6.94. The van der Waals surface area contributed by atoms with Crippen LogP contribution >= 0.6 is 0 Å². The number of carbonyl (C=O) groups excluding carboxylic acids is 1.